The van der Waals surface area contributed by atoms with E-state index in [2.05, 4.69) is 6.58 Å². The lowest BCUT2D eigenvalue weighted by Gasteiger charge is -2.12. The molecule has 0 aliphatic rings. The van der Waals surface area contributed by atoms with Crippen molar-refractivity contribution in [3.8, 4) is 17.2 Å². The van der Waals surface area contributed by atoms with E-state index in [1.54, 1.807) is 19.2 Å². The van der Waals surface area contributed by atoms with Crippen LogP contribution in [0.3, 0.4) is 0 Å². The summed E-state index contributed by atoms with van der Waals surface area (Å²) in [5.41, 5.74) is 1.71. The van der Waals surface area contributed by atoms with Crippen molar-refractivity contribution in [3.63, 3.8) is 0 Å². The molecule has 0 heterocycles. The summed E-state index contributed by atoms with van der Waals surface area (Å²) in [5, 5.41) is 0. The normalized spacial score (nSPS) is 10.1. The maximum absolute atomic E-state index is 10.9. The minimum Gasteiger partial charge on any atom is -0.493 e. The van der Waals surface area contributed by atoms with E-state index in [4.69, 9.17) is 14.2 Å². The van der Waals surface area contributed by atoms with Crippen LogP contribution < -0.4 is 14.2 Å². The summed E-state index contributed by atoms with van der Waals surface area (Å²) in [6, 6.07) is 13.1. The van der Waals surface area contributed by atoms with Crippen molar-refractivity contribution in [2.75, 3.05) is 20.3 Å². The molecule has 0 bridgehead atoms. The van der Waals surface area contributed by atoms with E-state index < -0.39 is 0 Å². The van der Waals surface area contributed by atoms with E-state index in [1.165, 1.54) is 0 Å². The van der Waals surface area contributed by atoms with Crippen LogP contribution in [0.25, 0.3) is 0 Å². The first-order valence-electron chi connectivity index (χ1n) is 8.36. The topological polar surface area (TPSA) is 44.8 Å². The molecule has 132 valence electrons. The van der Waals surface area contributed by atoms with E-state index >= 15 is 0 Å². The molecule has 0 radical (unpaired) electrons. The molecular weight excluding hydrogens is 316 g/mol. The smallest absolute Gasteiger partial charge is 0.161 e. The number of carbonyl (C=O) groups is 1. The first-order valence-corrected chi connectivity index (χ1v) is 8.36. The summed E-state index contributed by atoms with van der Waals surface area (Å²) in [5.74, 6) is 2.09. The Balaban J connectivity index is 1.74. The van der Waals surface area contributed by atoms with Crippen LogP contribution in [0, 0.1) is 0 Å². The predicted molar refractivity (Wildman–Crippen MR) is 98.9 cm³/mol. The van der Waals surface area contributed by atoms with Gasteiger partial charge < -0.3 is 14.2 Å². The Bertz CT molecular complexity index is 694. The zero-order valence-electron chi connectivity index (χ0n) is 14.6. The van der Waals surface area contributed by atoms with Gasteiger partial charge in [-0.25, -0.2) is 0 Å². The molecule has 0 amide bonds. The molecule has 0 unspecified atom stereocenters. The Morgan fingerprint density at radius 3 is 2.36 bits per heavy atom. The number of hydrogen-bond donors (Lipinski definition) is 0. The van der Waals surface area contributed by atoms with Crippen LogP contribution in [0.4, 0.5) is 0 Å². The molecule has 0 N–H and O–H groups in total. The average molecular weight is 340 g/mol. The number of hydrogen-bond acceptors (Lipinski definition) is 4. The van der Waals surface area contributed by atoms with E-state index in [0.717, 1.165) is 42.6 Å². The van der Waals surface area contributed by atoms with E-state index in [0.29, 0.717) is 24.5 Å². The van der Waals surface area contributed by atoms with Crippen LogP contribution in [0.1, 0.15) is 28.8 Å². The van der Waals surface area contributed by atoms with E-state index in [9.17, 15) is 4.79 Å². The second kappa shape index (κ2) is 10.2. The molecule has 0 fully saturated rings. The van der Waals surface area contributed by atoms with Gasteiger partial charge in [-0.1, -0.05) is 24.3 Å². The second-order valence-electron chi connectivity index (χ2n) is 5.54. The second-order valence-corrected chi connectivity index (χ2v) is 5.54. The monoisotopic (exact) mass is 340 g/mol. The quantitative estimate of drug-likeness (QED) is 0.344. The highest BCUT2D eigenvalue weighted by Crippen LogP contribution is 2.28. The number of unbranched alkanes of at least 4 members (excludes halogenated alkanes) is 1. The third-order valence-electron chi connectivity index (χ3n) is 3.71. The van der Waals surface area contributed by atoms with Gasteiger partial charge in [0.1, 0.15) is 5.75 Å². The molecular formula is C21H24O4. The van der Waals surface area contributed by atoms with Crippen LogP contribution in [-0.2, 0) is 6.42 Å². The van der Waals surface area contributed by atoms with Crippen molar-refractivity contribution in [3.05, 3.63) is 66.2 Å². The fraction of sp³-hybridized carbons (Fsp3) is 0.286. The standard InChI is InChI=1S/C21H24O4/c1-3-8-17-11-12-20(21(15-17)23-2)25-14-7-6-13-24-19-10-5-4-9-18(19)16-22/h3-5,9-12,15-16H,1,6-8,13-14H2,2H3. The molecule has 0 saturated carbocycles. The molecule has 0 aromatic heterocycles. The van der Waals surface area contributed by atoms with Crippen molar-refractivity contribution in [2.24, 2.45) is 0 Å². The first kappa shape index (κ1) is 18.6. The zero-order valence-corrected chi connectivity index (χ0v) is 14.6. The van der Waals surface area contributed by atoms with Gasteiger partial charge in [0.2, 0.25) is 0 Å². The summed E-state index contributed by atoms with van der Waals surface area (Å²) in [6.45, 7) is 4.87. The number of carbonyl (C=O) groups excluding carboxylic acids is 1. The Morgan fingerprint density at radius 1 is 0.960 bits per heavy atom. The Labute approximate surface area is 149 Å². The molecule has 2 aromatic rings. The van der Waals surface area contributed by atoms with Gasteiger partial charge in [0.05, 0.1) is 25.9 Å². The molecule has 4 heteroatoms. The Morgan fingerprint density at radius 2 is 1.68 bits per heavy atom. The number of methoxy groups -OCH3 is 1. The predicted octanol–water partition coefficient (Wildman–Crippen LogP) is 4.47. The van der Waals surface area contributed by atoms with Crippen molar-refractivity contribution < 1.29 is 19.0 Å². The van der Waals surface area contributed by atoms with Crippen molar-refractivity contribution in [1.82, 2.24) is 0 Å². The zero-order chi connectivity index (χ0) is 17.9. The lowest BCUT2D eigenvalue weighted by molar-refractivity contribution is 0.111. The number of benzene rings is 2. The summed E-state index contributed by atoms with van der Waals surface area (Å²) in [6.07, 6.45) is 5.15. The molecule has 2 aromatic carbocycles. The molecule has 4 nitrogen and oxygen atoms in total. The fourth-order valence-corrected chi connectivity index (χ4v) is 2.40. The first-order chi connectivity index (χ1) is 12.3. The molecule has 0 saturated heterocycles. The highest BCUT2D eigenvalue weighted by Gasteiger charge is 2.05. The van der Waals surface area contributed by atoms with Gasteiger partial charge in [-0.05, 0) is 49.1 Å². The molecule has 0 aliphatic carbocycles. The van der Waals surface area contributed by atoms with Crippen molar-refractivity contribution >= 4 is 6.29 Å². The van der Waals surface area contributed by atoms with Gasteiger partial charge in [0, 0.05) is 0 Å². The summed E-state index contributed by atoms with van der Waals surface area (Å²) < 4.78 is 16.8. The molecule has 25 heavy (non-hydrogen) atoms. The minimum absolute atomic E-state index is 0.545. The van der Waals surface area contributed by atoms with Gasteiger partial charge in [0.25, 0.3) is 0 Å². The van der Waals surface area contributed by atoms with Crippen molar-refractivity contribution in [1.29, 1.82) is 0 Å². The van der Waals surface area contributed by atoms with Gasteiger partial charge in [-0.2, -0.15) is 0 Å². The summed E-state index contributed by atoms with van der Waals surface area (Å²) >= 11 is 0. The fourth-order valence-electron chi connectivity index (χ4n) is 2.40. The third-order valence-corrected chi connectivity index (χ3v) is 3.71. The number of ether oxygens (including phenoxy) is 3. The van der Waals surface area contributed by atoms with Gasteiger partial charge >= 0.3 is 0 Å². The number of aldehydes is 1. The van der Waals surface area contributed by atoms with Crippen LogP contribution in [-0.4, -0.2) is 26.6 Å². The lowest BCUT2D eigenvalue weighted by atomic mass is 10.1. The number of para-hydroxylation sites is 1. The Hall–Kier alpha value is -2.75. The summed E-state index contributed by atoms with van der Waals surface area (Å²) in [7, 11) is 1.64. The maximum atomic E-state index is 10.9. The molecule has 0 aliphatic heterocycles. The van der Waals surface area contributed by atoms with Crippen LogP contribution in [0.2, 0.25) is 0 Å². The van der Waals surface area contributed by atoms with Gasteiger partial charge in [-0.15, -0.1) is 6.58 Å². The van der Waals surface area contributed by atoms with E-state index in [-0.39, 0.29) is 0 Å². The van der Waals surface area contributed by atoms with Crippen LogP contribution in [0.5, 0.6) is 17.2 Å². The minimum atomic E-state index is 0.545. The van der Waals surface area contributed by atoms with Crippen LogP contribution >= 0.6 is 0 Å². The molecule has 0 atom stereocenters. The largest absolute Gasteiger partial charge is 0.493 e. The van der Waals surface area contributed by atoms with E-state index in [1.807, 2.05) is 36.4 Å². The van der Waals surface area contributed by atoms with Crippen molar-refractivity contribution in [2.45, 2.75) is 19.3 Å². The third kappa shape index (κ3) is 5.68. The average Bonchev–Trinajstić information content (AvgIpc) is 2.65. The number of allylic oxidation sites excluding steroid dienone is 1. The highest BCUT2D eigenvalue weighted by atomic mass is 16.5. The number of rotatable bonds is 11. The highest BCUT2D eigenvalue weighted by molar-refractivity contribution is 5.79. The summed E-state index contributed by atoms with van der Waals surface area (Å²) in [4.78, 5) is 10.9. The molecule has 0 spiro atoms. The lowest BCUT2D eigenvalue weighted by Crippen LogP contribution is -2.04. The molecule has 2 rings (SSSR count). The SMILES string of the molecule is C=CCc1ccc(OCCCCOc2ccccc2C=O)c(OC)c1. The van der Waals surface area contributed by atoms with Crippen LogP contribution in [0.15, 0.2) is 55.1 Å². The Kier molecular flexibility index (Phi) is 7.57. The van der Waals surface area contributed by atoms with Gasteiger partial charge in [0.15, 0.2) is 17.8 Å². The maximum Gasteiger partial charge on any atom is 0.161 e. The van der Waals surface area contributed by atoms with Gasteiger partial charge in [-0.3, -0.25) is 4.79 Å².